The van der Waals surface area contributed by atoms with Crippen LogP contribution in [0.3, 0.4) is 0 Å². The minimum Gasteiger partial charge on any atom is -0.371 e. The van der Waals surface area contributed by atoms with Gasteiger partial charge < -0.3 is 4.90 Å². The van der Waals surface area contributed by atoms with Crippen LogP contribution in [-0.4, -0.2) is 24.8 Å². The molecule has 0 saturated carbocycles. The van der Waals surface area contributed by atoms with Gasteiger partial charge in [0.1, 0.15) is 0 Å². The number of halogens is 1. The number of nitrogens with zero attached hydrogens (tertiary/aromatic N) is 1. The van der Waals surface area contributed by atoms with Gasteiger partial charge in [0, 0.05) is 24.7 Å². The quantitative estimate of drug-likeness (QED) is 0.733. The Balaban J connectivity index is 2.02. The van der Waals surface area contributed by atoms with E-state index in [0.717, 1.165) is 19.5 Å². The maximum Gasteiger partial charge on any atom is 0.152 e. The highest BCUT2D eigenvalue weighted by atomic mass is 35.5. The van der Waals surface area contributed by atoms with Crippen molar-refractivity contribution in [1.29, 1.82) is 0 Å². The predicted octanol–water partition coefficient (Wildman–Crippen LogP) is 2.32. The number of hydrogen-bond donors (Lipinski definition) is 0. The first-order valence-electron chi connectivity index (χ1n) is 5.20. The zero-order valence-corrected chi connectivity index (χ0v) is 9.28. The number of para-hydroxylation sites is 1. The van der Waals surface area contributed by atoms with Crippen molar-refractivity contribution >= 4 is 23.1 Å². The zero-order chi connectivity index (χ0) is 10.7. The molecule has 2 rings (SSSR count). The minimum absolute atomic E-state index is 0.128. The number of rotatable bonds is 3. The van der Waals surface area contributed by atoms with Gasteiger partial charge in [-0.1, -0.05) is 18.2 Å². The number of anilines is 1. The monoisotopic (exact) mass is 223 g/mol. The van der Waals surface area contributed by atoms with Gasteiger partial charge in [-0.3, -0.25) is 4.79 Å². The third-order valence-electron chi connectivity index (χ3n) is 2.90. The largest absolute Gasteiger partial charge is 0.371 e. The second kappa shape index (κ2) is 4.67. The van der Waals surface area contributed by atoms with Gasteiger partial charge in [0.2, 0.25) is 0 Å². The number of Topliss-reactive ketones (excluding diaryl/α,β-unsaturated/α-hetero) is 1. The Morgan fingerprint density at radius 3 is 2.80 bits per heavy atom. The van der Waals surface area contributed by atoms with Gasteiger partial charge in [0.15, 0.2) is 5.78 Å². The van der Waals surface area contributed by atoms with Gasteiger partial charge in [-0.05, 0) is 18.6 Å². The average molecular weight is 224 g/mol. The van der Waals surface area contributed by atoms with E-state index in [1.807, 2.05) is 18.2 Å². The lowest BCUT2D eigenvalue weighted by Crippen LogP contribution is -2.23. The van der Waals surface area contributed by atoms with Crippen molar-refractivity contribution < 1.29 is 4.79 Å². The van der Waals surface area contributed by atoms with E-state index in [2.05, 4.69) is 17.0 Å². The average Bonchev–Trinajstić information content (AvgIpc) is 2.78. The molecule has 0 amide bonds. The summed E-state index contributed by atoms with van der Waals surface area (Å²) in [6.07, 6.45) is 0.931. The fourth-order valence-electron chi connectivity index (χ4n) is 2.01. The molecule has 0 aromatic heterocycles. The molecule has 0 N–H and O–H groups in total. The molecule has 1 aromatic rings. The molecule has 1 fully saturated rings. The van der Waals surface area contributed by atoms with Crippen LogP contribution in [0.5, 0.6) is 0 Å². The van der Waals surface area contributed by atoms with Gasteiger partial charge in [-0.15, -0.1) is 11.6 Å². The van der Waals surface area contributed by atoms with Gasteiger partial charge in [-0.25, -0.2) is 0 Å². The minimum atomic E-state index is 0.128. The van der Waals surface area contributed by atoms with E-state index >= 15 is 0 Å². The Labute approximate surface area is 94.8 Å². The Morgan fingerprint density at radius 1 is 1.40 bits per heavy atom. The van der Waals surface area contributed by atoms with Crippen molar-refractivity contribution in [2.24, 2.45) is 5.92 Å². The summed E-state index contributed by atoms with van der Waals surface area (Å²) in [5, 5.41) is 0. The maximum atomic E-state index is 11.4. The van der Waals surface area contributed by atoms with Gasteiger partial charge >= 0.3 is 0 Å². The van der Waals surface area contributed by atoms with Crippen molar-refractivity contribution in [2.75, 3.05) is 23.9 Å². The molecule has 15 heavy (non-hydrogen) atoms. The van der Waals surface area contributed by atoms with E-state index in [9.17, 15) is 4.79 Å². The topological polar surface area (TPSA) is 20.3 Å². The normalized spacial score (nSPS) is 20.6. The summed E-state index contributed by atoms with van der Waals surface area (Å²) in [4.78, 5) is 13.7. The van der Waals surface area contributed by atoms with Crippen molar-refractivity contribution in [2.45, 2.75) is 6.42 Å². The number of alkyl halides is 1. The molecular formula is C12H14ClNO. The summed E-state index contributed by atoms with van der Waals surface area (Å²) < 4.78 is 0. The highest BCUT2D eigenvalue weighted by Gasteiger charge is 2.27. The van der Waals surface area contributed by atoms with E-state index in [-0.39, 0.29) is 17.6 Å². The fourth-order valence-corrected chi connectivity index (χ4v) is 2.22. The summed E-state index contributed by atoms with van der Waals surface area (Å²) in [6.45, 7) is 1.77. The van der Waals surface area contributed by atoms with Crippen LogP contribution in [0.25, 0.3) is 0 Å². The third kappa shape index (κ3) is 2.32. The number of carbonyl (C=O) groups is 1. The Kier molecular flexibility index (Phi) is 3.27. The second-order valence-corrected chi connectivity index (χ2v) is 4.13. The lowest BCUT2D eigenvalue weighted by Gasteiger charge is -2.17. The number of benzene rings is 1. The molecule has 1 atom stereocenters. The first-order chi connectivity index (χ1) is 7.31. The molecule has 3 heteroatoms. The van der Waals surface area contributed by atoms with E-state index in [1.54, 1.807) is 0 Å². The summed E-state index contributed by atoms with van der Waals surface area (Å²) >= 11 is 5.56. The van der Waals surface area contributed by atoms with E-state index in [0.29, 0.717) is 0 Å². The molecule has 0 spiro atoms. The molecule has 1 aromatic carbocycles. The summed E-state index contributed by atoms with van der Waals surface area (Å²) in [7, 11) is 0. The van der Waals surface area contributed by atoms with Crippen LogP contribution in [0.1, 0.15) is 6.42 Å². The van der Waals surface area contributed by atoms with Crippen molar-refractivity contribution in [1.82, 2.24) is 0 Å². The lowest BCUT2D eigenvalue weighted by molar-refractivity contribution is -0.119. The fraction of sp³-hybridized carbons (Fsp3) is 0.417. The van der Waals surface area contributed by atoms with Crippen LogP contribution in [0, 0.1) is 5.92 Å². The second-order valence-electron chi connectivity index (χ2n) is 3.87. The molecule has 1 aliphatic rings. The molecule has 0 aliphatic carbocycles. The van der Waals surface area contributed by atoms with E-state index < -0.39 is 0 Å². The molecule has 2 nitrogen and oxygen atoms in total. The smallest absolute Gasteiger partial charge is 0.152 e. The number of hydrogen-bond acceptors (Lipinski definition) is 2. The van der Waals surface area contributed by atoms with Crippen LogP contribution in [0.4, 0.5) is 5.69 Å². The number of carbonyl (C=O) groups excluding carboxylic acids is 1. The molecule has 0 unspecified atom stereocenters. The summed E-state index contributed by atoms with van der Waals surface area (Å²) in [5.41, 5.74) is 1.20. The first kappa shape index (κ1) is 10.5. The van der Waals surface area contributed by atoms with Crippen LogP contribution in [-0.2, 0) is 4.79 Å². The van der Waals surface area contributed by atoms with Crippen LogP contribution in [0.15, 0.2) is 30.3 Å². The van der Waals surface area contributed by atoms with Crippen LogP contribution < -0.4 is 4.90 Å². The number of ketones is 1. The van der Waals surface area contributed by atoms with Crippen LogP contribution >= 0.6 is 11.6 Å². The molecule has 0 bridgehead atoms. The summed E-state index contributed by atoms with van der Waals surface area (Å²) in [6, 6.07) is 10.2. The van der Waals surface area contributed by atoms with Crippen molar-refractivity contribution in [3.63, 3.8) is 0 Å². The van der Waals surface area contributed by atoms with E-state index in [4.69, 9.17) is 11.6 Å². The highest BCUT2D eigenvalue weighted by molar-refractivity contribution is 6.28. The maximum absolute atomic E-state index is 11.4. The third-order valence-corrected chi connectivity index (χ3v) is 3.16. The van der Waals surface area contributed by atoms with Gasteiger partial charge in [0.25, 0.3) is 0 Å². The van der Waals surface area contributed by atoms with E-state index in [1.165, 1.54) is 5.69 Å². The predicted molar refractivity (Wildman–Crippen MR) is 62.5 cm³/mol. The Morgan fingerprint density at radius 2 is 2.13 bits per heavy atom. The van der Waals surface area contributed by atoms with Gasteiger partial charge in [0.05, 0.1) is 5.88 Å². The first-order valence-corrected chi connectivity index (χ1v) is 5.73. The molecule has 1 saturated heterocycles. The standard InChI is InChI=1S/C12H14ClNO/c13-8-12(15)10-6-7-14(9-10)11-4-2-1-3-5-11/h1-5,10H,6-9H2/t10-/m1/s1. The zero-order valence-electron chi connectivity index (χ0n) is 8.53. The molecule has 0 radical (unpaired) electrons. The Bertz CT molecular complexity index is 339. The summed E-state index contributed by atoms with van der Waals surface area (Å²) in [5.74, 6) is 0.450. The molecule has 1 heterocycles. The Hall–Kier alpha value is -1.02. The lowest BCUT2D eigenvalue weighted by atomic mass is 10.1. The molecule has 1 aliphatic heterocycles. The van der Waals surface area contributed by atoms with Crippen LogP contribution in [0.2, 0.25) is 0 Å². The van der Waals surface area contributed by atoms with Gasteiger partial charge in [-0.2, -0.15) is 0 Å². The SMILES string of the molecule is O=C(CCl)[C@@H]1CCN(c2ccccc2)C1. The highest BCUT2D eigenvalue weighted by Crippen LogP contribution is 2.24. The van der Waals surface area contributed by atoms with Crippen molar-refractivity contribution in [3.05, 3.63) is 30.3 Å². The van der Waals surface area contributed by atoms with Crippen molar-refractivity contribution in [3.8, 4) is 0 Å². The molecular weight excluding hydrogens is 210 g/mol. The molecule has 80 valence electrons.